The van der Waals surface area contributed by atoms with Gasteiger partial charge in [0.25, 0.3) is 0 Å². The Morgan fingerprint density at radius 3 is 2.70 bits per heavy atom. The van der Waals surface area contributed by atoms with Crippen molar-refractivity contribution in [2.24, 2.45) is 0 Å². The molecule has 0 saturated heterocycles. The van der Waals surface area contributed by atoms with Gasteiger partial charge in [-0.1, -0.05) is 60.9 Å². The molecule has 0 fully saturated rings. The van der Waals surface area contributed by atoms with Crippen molar-refractivity contribution in [3.05, 3.63) is 59.7 Å². The molecule has 1 N–H and O–H groups in total. The molecule has 2 aromatic carbocycles. The van der Waals surface area contributed by atoms with Crippen molar-refractivity contribution in [3.8, 4) is 11.5 Å². The number of hydrogen-bond donors (Lipinski definition) is 1. The Labute approximate surface area is 159 Å². The van der Waals surface area contributed by atoms with Gasteiger partial charge in [-0.2, -0.15) is 0 Å². The van der Waals surface area contributed by atoms with Crippen LogP contribution in [0.15, 0.2) is 48.5 Å². The molecule has 1 heterocycles. The molecule has 0 amide bonds. The highest BCUT2D eigenvalue weighted by atomic mass is 16.5. The van der Waals surface area contributed by atoms with Crippen LogP contribution in [0.3, 0.4) is 0 Å². The van der Waals surface area contributed by atoms with Gasteiger partial charge in [0, 0.05) is 18.7 Å². The molecule has 142 valence electrons. The van der Waals surface area contributed by atoms with E-state index in [4.69, 9.17) is 9.47 Å². The average molecular weight is 367 g/mol. The lowest BCUT2D eigenvalue weighted by Crippen LogP contribution is -2.10. The van der Waals surface area contributed by atoms with Crippen molar-refractivity contribution in [2.75, 3.05) is 12.4 Å². The normalized spacial score (nSPS) is 10.6. The minimum atomic E-state index is 0.475. The van der Waals surface area contributed by atoms with Gasteiger partial charge in [-0.3, -0.25) is 0 Å². The van der Waals surface area contributed by atoms with E-state index in [-0.39, 0.29) is 0 Å². The number of aryl methyl sites for hydroxylation is 1. The monoisotopic (exact) mass is 367 g/mol. The number of ether oxygens (including phenoxy) is 2. The van der Waals surface area contributed by atoms with Crippen molar-refractivity contribution in [1.82, 2.24) is 20.2 Å². The Kier molecular flexibility index (Phi) is 6.62. The first-order valence-electron chi connectivity index (χ1n) is 9.14. The van der Waals surface area contributed by atoms with Crippen molar-refractivity contribution in [3.63, 3.8) is 0 Å². The number of hydrogen-bond acceptors (Lipinski definition) is 6. The molecule has 0 bridgehead atoms. The minimum absolute atomic E-state index is 0.475. The third-order valence-corrected chi connectivity index (χ3v) is 4.20. The Morgan fingerprint density at radius 2 is 1.93 bits per heavy atom. The predicted molar refractivity (Wildman–Crippen MR) is 104 cm³/mol. The second kappa shape index (κ2) is 9.56. The van der Waals surface area contributed by atoms with Crippen LogP contribution in [0.1, 0.15) is 30.9 Å². The zero-order chi connectivity index (χ0) is 18.9. The molecule has 0 aliphatic heterocycles. The summed E-state index contributed by atoms with van der Waals surface area (Å²) < 4.78 is 13.4. The summed E-state index contributed by atoms with van der Waals surface area (Å²) in [7, 11) is 1.65. The lowest BCUT2D eigenvalue weighted by molar-refractivity contribution is 0.281. The van der Waals surface area contributed by atoms with E-state index in [2.05, 4.69) is 27.8 Å². The molecule has 0 radical (unpaired) electrons. The van der Waals surface area contributed by atoms with Crippen molar-refractivity contribution >= 4 is 5.95 Å². The summed E-state index contributed by atoms with van der Waals surface area (Å²) in [6.07, 6.45) is 2.12. The van der Waals surface area contributed by atoms with Crippen LogP contribution in [0, 0.1) is 0 Å². The summed E-state index contributed by atoms with van der Waals surface area (Å²) in [6, 6.07) is 15.9. The van der Waals surface area contributed by atoms with E-state index in [0.29, 0.717) is 24.8 Å². The Bertz CT molecular complexity index is 835. The van der Waals surface area contributed by atoms with Crippen LogP contribution >= 0.6 is 0 Å². The van der Waals surface area contributed by atoms with E-state index >= 15 is 0 Å². The summed E-state index contributed by atoms with van der Waals surface area (Å²) in [4.78, 5) is 0. The summed E-state index contributed by atoms with van der Waals surface area (Å²) in [5.41, 5.74) is 2.08. The number of para-hydroxylation sites is 1. The van der Waals surface area contributed by atoms with Crippen LogP contribution in [0.4, 0.5) is 5.95 Å². The van der Waals surface area contributed by atoms with Crippen LogP contribution in [0.25, 0.3) is 0 Å². The number of aromatic nitrogens is 4. The second-order valence-electron chi connectivity index (χ2n) is 6.16. The van der Waals surface area contributed by atoms with Gasteiger partial charge in [-0.25, -0.2) is 4.68 Å². The molecule has 0 unspecified atom stereocenters. The molecule has 7 nitrogen and oxygen atoms in total. The van der Waals surface area contributed by atoms with Gasteiger partial charge < -0.3 is 14.8 Å². The van der Waals surface area contributed by atoms with E-state index < -0.39 is 0 Å². The van der Waals surface area contributed by atoms with E-state index in [9.17, 15) is 0 Å². The first kappa shape index (κ1) is 18.7. The summed E-state index contributed by atoms with van der Waals surface area (Å²) in [5.74, 6) is 2.08. The lowest BCUT2D eigenvalue weighted by atomic mass is 10.1. The van der Waals surface area contributed by atoms with E-state index in [1.165, 1.54) is 0 Å². The van der Waals surface area contributed by atoms with E-state index in [1.807, 2.05) is 48.5 Å². The third kappa shape index (κ3) is 4.97. The smallest absolute Gasteiger partial charge is 0.243 e. The van der Waals surface area contributed by atoms with Crippen LogP contribution in [-0.4, -0.2) is 27.3 Å². The lowest BCUT2D eigenvalue weighted by Gasteiger charge is -2.16. The topological polar surface area (TPSA) is 74.1 Å². The van der Waals surface area contributed by atoms with E-state index in [1.54, 1.807) is 11.8 Å². The number of benzene rings is 2. The standard InChI is InChI=1S/C20H25N5O2/c1-3-4-13-25-20(22-23-24-25)21-14-17-11-8-12-18(26-2)19(17)27-15-16-9-6-5-7-10-16/h5-12H,3-4,13-15H2,1-2H3,(H,21,22,24). The zero-order valence-corrected chi connectivity index (χ0v) is 15.8. The fourth-order valence-corrected chi connectivity index (χ4v) is 2.72. The van der Waals surface area contributed by atoms with Crippen LogP contribution in [-0.2, 0) is 19.7 Å². The average Bonchev–Trinajstić information content (AvgIpc) is 3.17. The van der Waals surface area contributed by atoms with E-state index in [0.717, 1.165) is 36.3 Å². The maximum Gasteiger partial charge on any atom is 0.243 e. The van der Waals surface area contributed by atoms with Crippen molar-refractivity contribution < 1.29 is 9.47 Å². The molecule has 1 aromatic heterocycles. The molecular formula is C20H25N5O2. The second-order valence-corrected chi connectivity index (χ2v) is 6.16. The van der Waals surface area contributed by atoms with Gasteiger partial charge in [-0.15, -0.1) is 0 Å². The fraction of sp³-hybridized carbons (Fsp3) is 0.350. The molecule has 0 atom stereocenters. The quantitative estimate of drug-likeness (QED) is 0.589. The van der Waals surface area contributed by atoms with Gasteiger partial charge in [0.1, 0.15) is 6.61 Å². The SMILES string of the molecule is CCCCn1nnnc1NCc1cccc(OC)c1OCc1ccccc1. The van der Waals surface area contributed by atoms with Gasteiger partial charge in [0.2, 0.25) is 5.95 Å². The Hall–Kier alpha value is -3.09. The molecule has 0 saturated carbocycles. The number of unbranched alkanes of at least 4 members (excludes halogenated alkanes) is 1. The largest absolute Gasteiger partial charge is 0.493 e. The maximum atomic E-state index is 6.09. The summed E-state index contributed by atoms with van der Waals surface area (Å²) in [5, 5.41) is 15.2. The number of methoxy groups -OCH3 is 1. The van der Waals surface area contributed by atoms with Crippen LogP contribution < -0.4 is 14.8 Å². The van der Waals surface area contributed by atoms with Crippen molar-refractivity contribution in [2.45, 2.75) is 39.5 Å². The molecule has 3 aromatic rings. The molecule has 3 rings (SSSR count). The molecular weight excluding hydrogens is 342 g/mol. The molecule has 7 heteroatoms. The Balaban J connectivity index is 1.72. The highest BCUT2D eigenvalue weighted by molar-refractivity contribution is 5.48. The van der Waals surface area contributed by atoms with Gasteiger partial charge >= 0.3 is 0 Å². The molecule has 27 heavy (non-hydrogen) atoms. The first-order chi connectivity index (χ1) is 13.3. The van der Waals surface area contributed by atoms with Gasteiger partial charge in [0.05, 0.1) is 7.11 Å². The maximum absolute atomic E-state index is 6.09. The number of rotatable bonds is 10. The van der Waals surface area contributed by atoms with Crippen molar-refractivity contribution in [1.29, 1.82) is 0 Å². The third-order valence-electron chi connectivity index (χ3n) is 4.20. The van der Waals surface area contributed by atoms with Crippen LogP contribution in [0.2, 0.25) is 0 Å². The first-order valence-corrected chi connectivity index (χ1v) is 9.14. The zero-order valence-electron chi connectivity index (χ0n) is 15.8. The molecule has 0 aliphatic rings. The number of tetrazole rings is 1. The molecule has 0 aliphatic carbocycles. The van der Waals surface area contributed by atoms with Crippen LogP contribution in [0.5, 0.6) is 11.5 Å². The van der Waals surface area contributed by atoms with Gasteiger partial charge in [-0.05, 0) is 28.5 Å². The minimum Gasteiger partial charge on any atom is -0.493 e. The number of anilines is 1. The van der Waals surface area contributed by atoms with Gasteiger partial charge in [0.15, 0.2) is 11.5 Å². The fourth-order valence-electron chi connectivity index (χ4n) is 2.72. The summed E-state index contributed by atoms with van der Waals surface area (Å²) in [6.45, 7) is 3.95. The number of nitrogens with one attached hydrogen (secondary N) is 1. The highest BCUT2D eigenvalue weighted by Gasteiger charge is 2.12. The Morgan fingerprint density at radius 1 is 1.07 bits per heavy atom. The molecule has 0 spiro atoms. The number of nitrogens with zero attached hydrogens (tertiary/aromatic N) is 4. The summed E-state index contributed by atoms with van der Waals surface area (Å²) >= 11 is 0. The predicted octanol–water partition coefficient (Wildman–Crippen LogP) is 3.67. The highest BCUT2D eigenvalue weighted by Crippen LogP contribution is 2.32.